The van der Waals surface area contributed by atoms with Crippen LogP contribution >= 0.6 is 0 Å². The van der Waals surface area contributed by atoms with E-state index in [4.69, 9.17) is 9.47 Å². The van der Waals surface area contributed by atoms with Crippen LogP contribution in [-0.2, 0) is 19.7 Å². The zero-order chi connectivity index (χ0) is 21.0. The molecule has 1 spiro atoms. The van der Waals surface area contributed by atoms with Crippen LogP contribution in [0.3, 0.4) is 0 Å². The maximum Gasteiger partial charge on any atom is 0.373 e. The normalized spacial score (nSPS) is 19.4. The summed E-state index contributed by atoms with van der Waals surface area (Å²) in [6, 6.07) is 15.5. The van der Waals surface area contributed by atoms with Gasteiger partial charge in [-0.2, -0.15) is 0 Å². The molecule has 3 aromatic carbocycles. The fourth-order valence-corrected chi connectivity index (χ4v) is 4.45. The number of benzene rings is 3. The minimum absolute atomic E-state index is 0.0847. The van der Waals surface area contributed by atoms with Crippen LogP contribution in [0.25, 0.3) is 10.8 Å². The summed E-state index contributed by atoms with van der Waals surface area (Å²) in [6.45, 7) is 1.86. The molecule has 5 rings (SSSR count). The molecule has 6 heteroatoms. The monoisotopic (exact) mass is 403 g/mol. The maximum absolute atomic E-state index is 14.3. The average Bonchev–Trinajstić information content (AvgIpc) is 2.95. The largest absolute Gasteiger partial charge is 0.460 e. The van der Waals surface area contributed by atoms with E-state index in [-0.39, 0.29) is 18.3 Å². The summed E-state index contributed by atoms with van der Waals surface area (Å²) in [5.74, 6) is -1.13. The molecule has 0 aliphatic carbocycles. The van der Waals surface area contributed by atoms with Gasteiger partial charge in [-0.25, -0.2) is 9.18 Å². The molecule has 2 heterocycles. The lowest BCUT2D eigenvalue weighted by Crippen LogP contribution is -2.41. The highest BCUT2D eigenvalue weighted by atomic mass is 19.1. The van der Waals surface area contributed by atoms with Crippen molar-refractivity contribution in [1.82, 2.24) is 0 Å². The summed E-state index contributed by atoms with van der Waals surface area (Å²) in [5, 5.41) is 1.71. The second-order valence-electron chi connectivity index (χ2n) is 7.32. The van der Waals surface area contributed by atoms with Gasteiger partial charge in [0.15, 0.2) is 0 Å². The van der Waals surface area contributed by atoms with Gasteiger partial charge in [-0.3, -0.25) is 4.79 Å². The van der Waals surface area contributed by atoms with Crippen molar-refractivity contribution < 1.29 is 23.5 Å². The fourth-order valence-electron chi connectivity index (χ4n) is 4.45. The number of halogens is 1. The number of carbonyl (C=O) groups excluding carboxylic acids is 2. The van der Waals surface area contributed by atoms with Crippen molar-refractivity contribution in [2.75, 3.05) is 18.6 Å². The average molecular weight is 403 g/mol. The lowest BCUT2D eigenvalue weighted by Gasteiger charge is -2.33. The Bertz CT molecular complexity index is 1270. The number of hydrogen-bond donors (Lipinski definition) is 0. The second kappa shape index (κ2) is 6.42. The van der Waals surface area contributed by atoms with Crippen LogP contribution in [0.1, 0.15) is 18.1 Å². The van der Waals surface area contributed by atoms with Crippen molar-refractivity contribution in [3.63, 3.8) is 0 Å². The van der Waals surface area contributed by atoms with E-state index in [9.17, 15) is 14.0 Å². The minimum Gasteiger partial charge on any atom is -0.460 e. The Morgan fingerprint density at radius 3 is 2.77 bits per heavy atom. The van der Waals surface area contributed by atoms with Crippen LogP contribution in [0.4, 0.5) is 10.1 Å². The van der Waals surface area contributed by atoms with Crippen molar-refractivity contribution in [1.29, 1.82) is 0 Å². The standard InChI is InChI=1S/C24H18FNO4/c1-3-29-22(27)20-13-24(17-12-15(25)9-10-18(17)26(2)23(24)28)21-16-7-5-4-6-14(16)8-11-19(21)30-20/h4-13H,3H2,1-2H3/t24-/m0/s1. The predicted molar refractivity (Wildman–Crippen MR) is 110 cm³/mol. The van der Waals surface area contributed by atoms with Gasteiger partial charge in [0, 0.05) is 23.9 Å². The third-order valence-corrected chi connectivity index (χ3v) is 5.72. The first kappa shape index (κ1) is 18.4. The summed E-state index contributed by atoms with van der Waals surface area (Å²) in [7, 11) is 1.64. The molecule has 5 nitrogen and oxygen atoms in total. The summed E-state index contributed by atoms with van der Waals surface area (Å²) >= 11 is 0. The zero-order valence-corrected chi connectivity index (χ0v) is 16.4. The van der Waals surface area contributed by atoms with Gasteiger partial charge in [0.25, 0.3) is 0 Å². The number of hydrogen-bond acceptors (Lipinski definition) is 4. The molecule has 150 valence electrons. The van der Waals surface area contributed by atoms with Crippen LogP contribution in [-0.4, -0.2) is 25.5 Å². The predicted octanol–water partition coefficient (Wildman–Crippen LogP) is 4.08. The number of ether oxygens (including phenoxy) is 2. The smallest absolute Gasteiger partial charge is 0.373 e. The zero-order valence-electron chi connectivity index (χ0n) is 16.4. The Morgan fingerprint density at radius 1 is 1.17 bits per heavy atom. The molecule has 1 amide bonds. The summed E-state index contributed by atoms with van der Waals surface area (Å²) in [6.07, 6.45) is 1.48. The van der Waals surface area contributed by atoms with E-state index >= 15 is 0 Å². The van der Waals surface area contributed by atoms with Gasteiger partial charge >= 0.3 is 5.97 Å². The molecule has 30 heavy (non-hydrogen) atoms. The number of carbonyl (C=O) groups is 2. The van der Waals surface area contributed by atoms with E-state index in [0.717, 1.165) is 10.8 Å². The van der Waals surface area contributed by atoms with Crippen LogP contribution in [0.5, 0.6) is 5.75 Å². The minimum atomic E-state index is -1.40. The van der Waals surface area contributed by atoms with Crippen molar-refractivity contribution >= 4 is 28.3 Å². The van der Waals surface area contributed by atoms with Gasteiger partial charge in [-0.15, -0.1) is 0 Å². The van der Waals surface area contributed by atoms with Gasteiger partial charge in [0.2, 0.25) is 11.7 Å². The van der Waals surface area contributed by atoms with Gasteiger partial charge in [-0.1, -0.05) is 30.3 Å². The van der Waals surface area contributed by atoms with E-state index in [1.165, 1.54) is 23.1 Å². The molecule has 1 atom stereocenters. The van der Waals surface area contributed by atoms with Crippen LogP contribution < -0.4 is 9.64 Å². The van der Waals surface area contributed by atoms with Crippen LogP contribution in [0, 0.1) is 5.82 Å². The SMILES string of the molecule is CCOC(=O)C1=C[C@@]2(C(=O)N(C)c3ccc(F)cc32)c2c(ccc3ccccc23)O1. The quantitative estimate of drug-likeness (QED) is 0.605. The third kappa shape index (κ3) is 2.33. The Hall–Kier alpha value is -3.67. The van der Waals surface area contributed by atoms with E-state index in [1.807, 2.05) is 30.3 Å². The third-order valence-electron chi connectivity index (χ3n) is 5.72. The second-order valence-corrected chi connectivity index (χ2v) is 7.32. The van der Waals surface area contributed by atoms with Crippen molar-refractivity contribution in [3.05, 3.63) is 83.4 Å². The van der Waals surface area contributed by atoms with Crippen LogP contribution in [0.2, 0.25) is 0 Å². The lowest BCUT2D eigenvalue weighted by atomic mass is 9.71. The molecule has 0 N–H and O–H groups in total. The van der Waals surface area contributed by atoms with E-state index in [1.54, 1.807) is 26.1 Å². The first-order valence-corrected chi connectivity index (χ1v) is 9.65. The lowest BCUT2D eigenvalue weighted by molar-refractivity contribution is -0.141. The Morgan fingerprint density at radius 2 is 1.97 bits per heavy atom. The number of esters is 1. The molecular formula is C24H18FNO4. The maximum atomic E-state index is 14.3. The van der Waals surface area contributed by atoms with Gasteiger partial charge in [-0.05, 0) is 48.0 Å². The molecule has 0 radical (unpaired) electrons. The molecule has 0 saturated carbocycles. The number of anilines is 1. The first-order valence-electron chi connectivity index (χ1n) is 9.65. The molecule has 0 unspecified atom stereocenters. The number of likely N-dealkylation sites (N-methyl/N-ethyl adjacent to an activating group) is 1. The summed E-state index contributed by atoms with van der Waals surface area (Å²) in [5.41, 5.74) is 0.247. The van der Waals surface area contributed by atoms with Gasteiger partial charge < -0.3 is 14.4 Å². The van der Waals surface area contributed by atoms with Crippen molar-refractivity contribution in [3.8, 4) is 5.75 Å². The number of amides is 1. The van der Waals surface area contributed by atoms with Gasteiger partial charge in [0.05, 0.1) is 6.61 Å². The Balaban J connectivity index is 1.91. The Kier molecular flexibility index (Phi) is 3.93. The molecule has 0 saturated heterocycles. The topological polar surface area (TPSA) is 55.8 Å². The molecule has 2 aliphatic heterocycles. The number of fused-ring (bicyclic) bond motifs is 6. The van der Waals surface area contributed by atoms with E-state index < -0.39 is 17.2 Å². The van der Waals surface area contributed by atoms with Crippen LogP contribution in [0.15, 0.2) is 66.4 Å². The van der Waals surface area contributed by atoms with E-state index in [0.29, 0.717) is 22.6 Å². The van der Waals surface area contributed by atoms with Crippen molar-refractivity contribution in [2.45, 2.75) is 12.3 Å². The Labute approximate surface area is 172 Å². The molecular weight excluding hydrogens is 385 g/mol. The van der Waals surface area contributed by atoms with Crippen molar-refractivity contribution in [2.24, 2.45) is 0 Å². The highest BCUT2D eigenvalue weighted by molar-refractivity contribution is 6.15. The molecule has 3 aromatic rings. The number of rotatable bonds is 2. The molecule has 0 bridgehead atoms. The summed E-state index contributed by atoms with van der Waals surface area (Å²) < 4.78 is 25.4. The summed E-state index contributed by atoms with van der Waals surface area (Å²) in [4.78, 5) is 27.8. The molecule has 0 aromatic heterocycles. The molecule has 2 aliphatic rings. The van der Waals surface area contributed by atoms with E-state index in [2.05, 4.69) is 0 Å². The highest BCUT2D eigenvalue weighted by Crippen LogP contribution is 2.54. The van der Waals surface area contributed by atoms with Gasteiger partial charge in [0.1, 0.15) is 17.0 Å². The number of nitrogens with zero attached hydrogens (tertiary/aromatic N) is 1. The highest BCUT2D eigenvalue weighted by Gasteiger charge is 2.54. The molecule has 0 fully saturated rings. The first-order chi connectivity index (χ1) is 14.5. The fraction of sp³-hybridized carbons (Fsp3) is 0.167.